The first kappa shape index (κ1) is 18.4. The average Bonchev–Trinajstić information content (AvgIpc) is 2.84. The van der Waals surface area contributed by atoms with Crippen LogP contribution < -0.4 is 10.1 Å². The number of hydrogen-bond acceptors (Lipinski definition) is 5. The van der Waals surface area contributed by atoms with Gasteiger partial charge in [0.25, 0.3) is 5.76 Å². The van der Waals surface area contributed by atoms with Gasteiger partial charge in [0.05, 0.1) is 24.7 Å². The summed E-state index contributed by atoms with van der Waals surface area (Å²) in [7, 11) is 1.48. The third-order valence-corrected chi connectivity index (χ3v) is 4.39. The number of thioether (sulfide) groups is 1. The van der Waals surface area contributed by atoms with Gasteiger partial charge in [-0.15, -0.1) is 0 Å². The molecule has 7 heteroatoms. The first-order valence-electron chi connectivity index (χ1n) is 7.48. The molecule has 1 heterocycles. The Balaban J connectivity index is 1.95. The molecule has 1 fully saturated rings. The van der Waals surface area contributed by atoms with Gasteiger partial charge >= 0.3 is 0 Å². The van der Waals surface area contributed by atoms with Crippen molar-refractivity contribution in [3.63, 3.8) is 0 Å². The second-order valence-electron chi connectivity index (χ2n) is 5.87. The molecule has 0 unspecified atom stereocenters. The van der Waals surface area contributed by atoms with Crippen LogP contribution in [0.15, 0.2) is 23.1 Å². The van der Waals surface area contributed by atoms with Gasteiger partial charge < -0.3 is 19.5 Å². The lowest BCUT2D eigenvalue weighted by atomic mass is 10.1. The van der Waals surface area contributed by atoms with Gasteiger partial charge in [-0.3, -0.25) is 0 Å². The van der Waals surface area contributed by atoms with Gasteiger partial charge in [-0.05, 0) is 38.5 Å². The van der Waals surface area contributed by atoms with Gasteiger partial charge in [-0.25, -0.2) is 0 Å². The number of ether oxygens (including phenoxy) is 3. The lowest BCUT2D eigenvalue weighted by Crippen LogP contribution is -2.32. The number of rotatable bonds is 7. The third kappa shape index (κ3) is 5.31. The number of hydrogen-bond donors (Lipinski definition) is 1. The summed E-state index contributed by atoms with van der Waals surface area (Å²) in [4.78, 5) is 0.438. The highest BCUT2D eigenvalue weighted by Crippen LogP contribution is 2.35. The average molecular weight is 347 g/mol. The molecule has 0 saturated carbocycles. The van der Waals surface area contributed by atoms with Gasteiger partial charge in [0, 0.05) is 12.6 Å². The van der Waals surface area contributed by atoms with E-state index < -0.39 is 11.5 Å². The van der Waals surface area contributed by atoms with Gasteiger partial charge in [0.15, 0.2) is 5.79 Å². The van der Waals surface area contributed by atoms with E-state index in [4.69, 9.17) is 14.2 Å². The quantitative estimate of drug-likeness (QED) is 0.760. The number of benzene rings is 1. The molecule has 0 aromatic heterocycles. The molecule has 1 aliphatic rings. The minimum atomic E-state index is -2.46. The number of halogens is 2. The largest absolute Gasteiger partial charge is 0.496 e. The fraction of sp³-hybridized carbons (Fsp3) is 0.625. The first-order chi connectivity index (χ1) is 10.8. The maximum Gasteiger partial charge on any atom is 0.289 e. The normalized spacial score (nSPS) is 21.6. The molecule has 1 aromatic rings. The van der Waals surface area contributed by atoms with Gasteiger partial charge in [-0.2, -0.15) is 8.78 Å². The molecule has 130 valence electrons. The van der Waals surface area contributed by atoms with Crippen LogP contribution in [0.4, 0.5) is 8.78 Å². The molecule has 0 bridgehead atoms. The molecule has 0 spiro atoms. The van der Waals surface area contributed by atoms with E-state index in [9.17, 15) is 8.78 Å². The van der Waals surface area contributed by atoms with Gasteiger partial charge in [0.2, 0.25) is 0 Å². The summed E-state index contributed by atoms with van der Waals surface area (Å²) in [5.74, 6) is -2.54. The molecule has 23 heavy (non-hydrogen) atoms. The predicted molar refractivity (Wildman–Crippen MR) is 86.2 cm³/mol. The van der Waals surface area contributed by atoms with Crippen LogP contribution in [0.3, 0.4) is 0 Å². The van der Waals surface area contributed by atoms with E-state index in [1.807, 2.05) is 26.8 Å². The van der Waals surface area contributed by atoms with Crippen molar-refractivity contribution in [3.8, 4) is 5.75 Å². The minimum absolute atomic E-state index is 0.00279. The van der Waals surface area contributed by atoms with Crippen LogP contribution in [-0.4, -0.2) is 37.9 Å². The molecule has 0 aliphatic carbocycles. The topological polar surface area (TPSA) is 39.7 Å². The Hall–Kier alpha value is -0.890. The lowest BCUT2D eigenvalue weighted by Gasteiger charge is -2.20. The Morgan fingerprint density at radius 2 is 2.17 bits per heavy atom. The minimum Gasteiger partial charge on any atom is -0.496 e. The monoisotopic (exact) mass is 347 g/mol. The van der Waals surface area contributed by atoms with Crippen molar-refractivity contribution in [3.05, 3.63) is 23.8 Å². The second kappa shape index (κ2) is 7.79. The summed E-state index contributed by atoms with van der Waals surface area (Å²) in [6.07, 6.45) is 0.00279. The summed E-state index contributed by atoms with van der Waals surface area (Å²) >= 11 is 0.488. The van der Waals surface area contributed by atoms with E-state index in [2.05, 4.69) is 5.32 Å². The van der Waals surface area contributed by atoms with Gasteiger partial charge in [0.1, 0.15) is 5.75 Å². The lowest BCUT2D eigenvalue weighted by molar-refractivity contribution is -0.137. The molecular weight excluding hydrogens is 324 g/mol. The van der Waals surface area contributed by atoms with Crippen molar-refractivity contribution in [2.24, 2.45) is 0 Å². The zero-order valence-electron chi connectivity index (χ0n) is 13.8. The van der Waals surface area contributed by atoms with E-state index in [0.717, 1.165) is 5.56 Å². The van der Waals surface area contributed by atoms with Crippen LogP contribution in [-0.2, 0) is 9.47 Å². The molecule has 2 atom stereocenters. The number of alkyl halides is 2. The summed E-state index contributed by atoms with van der Waals surface area (Å²) in [6.45, 7) is 7.00. The second-order valence-corrected chi connectivity index (χ2v) is 6.90. The zero-order valence-corrected chi connectivity index (χ0v) is 14.6. The van der Waals surface area contributed by atoms with Crippen molar-refractivity contribution in [1.82, 2.24) is 5.32 Å². The van der Waals surface area contributed by atoms with Crippen LogP contribution in [0.5, 0.6) is 5.75 Å². The maximum atomic E-state index is 12.5. The highest BCUT2D eigenvalue weighted by molar-refractivity contribution is 7.99. The summed E-state index contributed by atoms with van der Waals surface area (Å²) < 4.78 is 41.5. The Labute approximate surface area is 139 Å². The van der Waals surface area contributed by atoms with Crippen LogP contribution in [0.1, 0.15) is 32.4 Å². The molecule has 2 rings (SSSR count). The molecule has 1 aliphatic heterocycles. The van der Waals surface area contributed by atoms with E-state index in [0.29, 0.717) is 35.6 Å². The molecule has 0 radical (unpaired) electrons. The SMILES string of the molecule is COc1cc([C@@H](C)NC[C@@H]2COC(C)(C)O2)ccc1SC(F)F. The summed E-state index contributed by atoms with van der Waals surface area (Å²) in [5.41, 5.74) is 0.971. The van der Waals surface area contributed by atoms with Crippen molar-refractivity contribution in [1.29, 1.82) is 0 Å². The van der Waals surface area contributed by atoms with E-state index in [1.165, 1.54) is 7.11 Å². The van der Waals surface area contributed by atoms with Crippen LogP contribution in [0.25, 0.3) is 0 Å². The number of nitrogens with one attached hydrogen (secondary N) is 1. The van der Waals surface area contributed by atoms with Crippen LogP contribution >= 0.6 is 11.8 Å². The molecule has 4 nitrogen and oxygen atoms in total. The number of methoxy groups -OCH3 is 1. The van der Waals surface area contributed by atoms with Crippen molar-refractivity contribution in [2.45, 2.75) is 49.4 Å². The fourth-order valence-electron chi connectivity index (χ4n) is 2.44. The molecule has 1 saturated heterocycles. The van der Waals surface area contributed by atoms with Crippen LogP contribution in [0, 0.1) is 0 Å². The maximum absolute atomic E-state index is 12.5. The predicted octanol–water partition coefficient (Wildman–Crippen LogP) is 3.81. The molecule has 0 amide bonds. The smallest absolute Gasteiger partial charge is 0.289 e. The molecule has 1 aromatic carbocycles. The van der Waals surface area contributed by atoms with Crippen LogP contribution in [0.2, 0.25) is 0 Å². The van der Waals surface area contributed by atoms with E-state index >= 15 is 0 Å². The summed E-state index contributed by atoms with van der Waals surface area (Å²) in [5, 5.41) is 3.37. The highest BCUT2D eigenvalue weighted by Gasteiger charge is 2.32. The summed E-state index contributed by atoms with van der Waals surface area (Å²) in [6, 6.07) is 5.34. The third-order valence-electron chi connectivity index (χ3n) is 3.62. The zero-order chi connectivity index (χ0) is 17.0. The standard InChI is InChI=1S/C16H23F2NO3S/c1-10(19-8-12-9-21-16(2,3)22-12)11-5-6-14(23-15(17)18)13(7-11)20-4/h5-7,10,12,15,19H,8-9H2,1-4H3/t10-,12-/m1/s1. The first-order valence-corrected chi connectivity index (χ1v) is 8.36. The Morgan fingerprint density at radius 3 is 2.74 bits per heavy atom. The van der Waals surface area contributed by atoms with Gasteiger partial charge in [-0.1, -0.05) is 17.8 Å². The van der Waals surface area contributed by atoms with Crippen molar-refractivity contribution >= 4 is 11.8 Å². The van der Waals surface area contributed by atoms with E-state index in [1.54, 1.807) is 12.1 Å². The Kier molecular flexibility index (Phi) is 6.25. The molecular formula is C16H23F2NO3S. The van der Waals surface area contributed by atoms with Crippen molar-refractivity contribution < 1.29 is 23.0 Å². The fourth-order valence-corrected chi connectivity index (χ4v) is 3.03. The van der Waals surface area contributed by atoms with Crippen molar-refractivity contribution in [2.75, 3.05) is 20.3 Å². The Morgan fingerprint density at radius 1 is 1.43 bits per heavy atom. The molecule has 1 N–H and O–H groups in total. The highest BCUT2D eigenvalue weighted by atomic mass is 32.2. The Bertz CT molecular complexity index is 528. The van der Waals surface area contributed by atoms with E-state index in [-0.39, 0.29) is 12.1 Å².